The molecule has 2 aromatic carbocycles. The number of benzene rings is 2. The number of carbonyl (C=O) groups excluding carboxylic acids is 2. The number of nitrogens with one attached hydrogen (secondary N) is 2. The molecule has 1 aromatic heterocycles. The molecular weight excluding hydrogens is 504 g/mol. The van der Waals surface area contributed by atoms with Crippen molar-refractivity contribution in [1.82, 2.24) is 15.1 Å². The molecule has 1 aliphatic heterocycles. The summed E-state index contributed by atoms with van der Waals surface area (Å²) in [4.78, 5) is 27.0. The Kier molecular flexibility index (Phi) is 8.02. The van der Waals surface area contributed by atoms with Gasteiger partial charge in [0.25, 0.3) is 5.91 Å². The molecule has 1 atom stereocenters. The first-order chi connectivity index (χ1) is 18.9. The summed E-state index contributed by atoms with van der Waals surface area (Å²) < 4.78 is 32.0. The van der Waals surface area contributed by atoms with Gasteiger partial charge in [-0.3, -0.25) is 9.59 Å². The zero-order valence-corrected chi connectivity index (χ0v) is 21.7. The average molecular weight is 536 g/mol. The standard InChI is InChI=1S/C29H31F2N5O3/c1-19-16-22(33-28(37)11-10-27(30)31)4-8-25(19)36-26-9-5-23(17-21(26)18-32-36)34-29(38)20-2-6-24(7-3-20)35-12-14-39-15-13-35/h2-9,17-19,27H,10-16H2,1H3,(H,33,37)(H,34,38). The smallest absolute Gasteiger partial charge is 0.255 e. The van der Waals surface area contributed by atoms with Gasteiger partial charge in [0.05, 0.1) is 24.9 Å². The van der Waals surface area contributed by atoms with Crippen molar-refractivity contribution in [2.75, 3.05) is 36.5 Å². The fourth-order valence-corrected chi connectivity index (χ4v) is 4.87. The number of amides is 2. The summed E-state index contributed by atoms with van der Waals surface area (Å²) in [6, 6.07) is 13.2. The highest BCUT2D eigenvalue weighted by Gasteiger charge is 2.21. The first-order valence-corrected chi connectivity index (χ1v) is 13.1. The van der Waals surface area contributed by atoms with E-state index in [0.29, 0.717) is 36.6 Å². The minimum atomic E-state index is -2.49. The van der Waals surface area contributed by atoms with Gasteiger partial charge in [0.2, 0.25) is 12.3 Å². The maximum atomic E-state index is 12.9. The number of hydrogen-bond donors (Lipinski definition) is 2. The quantitative estimate of drug-likeness (QED) is 0.422. The monoisotopic (exact) mass is 535 g/mol. The van der Waals surface area contributed by atoms with E-state index in [4.69, 9.17) is 4.74 Å². The van der Waals surface area contributed by atoms with Crippen molar-refractivity contribution in [3.05, 3.63) is 72.1 Å². The van der Waals surface area contributed by atoms with Gasteiger partial charge in [-0.25, -0.2) is 13.5 Å². The summed E-state index contributed by atoms with van der Waals surface area (Å²) >= 11 is 0. The predicted octanol–water partition coefficient (Wildman–Crippen LogP) is 5.05. The van der Waals surface area contributed by atoms with Gasteiger partial charge in [0, 0.05) is 65.6 Å². The maximum absolute atomic E-state index is 12.9. The van der Waals surface area contributed by atoms with Gasteiger partial charge in [-0.05, 0) is 61.0 Å². The third kappa shape index (κ3) is 6.34. The minimum absolute atomic E-state index is 0.0447. The summed E-state index contributed by atoms with van der Waals surface area (Å²) in [5.41, 5.74) is 4.86. The van der Waals surface area contributed by atoms with Crippen molar-refractivity contribution < 1.29 is 23.1 Å². The second-order valence-corrected chi connectivity index (χ2v) is 9.80. The van der Waals surface area contributed by atoms with Gasteiger partial charge >= 0.3 is 0 Å². The number of carbonyl (C=O) groups is 2. The molecule has 39 heavy (non-hydrogen) atoms. The molecule has 10 heteroatoms. The molecule has 2 heterocycles. The van der Waals surface area contributed by atoms with Crippen molar-refractivity contribution in [3.63, 3.8) is 0 Å². The number of nitrogens with zero attached hydrogens (tertiary/aromatic N) is 3. The number of hydrogen-bond acceptors (Lipinski definition) is 5. The molecule has 0 radical (unpaired) electrons. The van der Waals surface area contributed by atoms with Crippen molar-refractivity contribution in [3.8, 4) is 0 Å². The molecule has 204 valence electrons. The summed E-state index contributed by atoms with van der Waals surface area (Å²) in [5, 5.41) is 11.1. The van der Waals surface area contributed by atoms with Crippen LogP contribution in [0.5, 0.6) is 0 Å². The number of rotatable bonds is 8. The number of halogens is 2. The topological polar surface area (TPSA) is 88.5 Å². The van der Waals surface area contributed by atoms with E-state index in [9.17, 15) is 18.4 Å². The molecule has 1 unspecified atom stereocenters. The van der Waals surface area contributed by atoms with Crippen LogP contribution in [0.4, 0.5) is 20.2 Å². The first kappa shape index (κ1) is 26.6. The van der Waals surface area contributed by atoms with Crippen LogP contribution in [0.2, 0.25) is 0 Å². The molecule has 0 spiro atoms. The average Bonchev–Trinajstić information content (AvgIpc) is 3.35. The van der Waals surface area contributed by atoms with E-state index in [1.54, 1.807) is 12.3 Å². The highest BCUT2D eigenvalue weighted by molar-refractivity contribution is 6.05. The lowest BCUT2D eigenvalue weighted by atomic mass is 9.96. The van der Waals surface area contributed by atoms with Crippen LogP contribution in [-0.4, -0.2) is 54.3 Å². The predicted molar refractivity (Wildman–Crippen MR) is 147 cm³/mol. The molecule has 2 amide bonds. The van der Waals surface area contributed by atoms with E-state index >= 15 is 0 Å². The second kappa shape index (κ2) is 11.8. The molecule has 0 bridgehead atoms. The largest absolute Gasteiger partial charge is 0.378 e. The van der Waals surface area contributed by atoms with Gasteiger partial charge in [0.1, 0.15) is 0 Å². The molecular formula is C29H31F2N5O3. The van der Waals surface area contributed by atoms with Gasteiger partial charge in [-0.1, -0.05) is 6.92 Å². The highest BCUT2D eigenvalue weighted by Crippen LogP contribution is 2.31. The van der Waals surface area contributed by atoms with Crippen molar-refractivity contribution in [1.29, 1.82) is 0 Å². The first-order valence-electron chi connectivity index (χ1n) is 13.1. The maximum Gasteiger partial charge on any atom is 0.255 e. The Morgan fingerprint density at radius 2 is 1.85 bits per heavy atom. The number of allylic oxidation sites excluding steroid dienone is 4. The number of ether oxygens (including phenoxy) is 1. The van der Waals surface area contributed by atoms with Gasteiger partial charge in [0.15, 0.2) is 0 Å². The van der Waals surface area contributed by atoms with Gasteiger partial charge in [-0.2, -0.15) is 5.10 Å². The molecule has 1 aliphatic carbocycles. The molecule has 3 aromatic rings. The molecule has 1 fully saturated rings. The van der Waals surface area contributed by atoms with E-state index in [2.05, 4.69) is 20.6 Å². The van der Waals surface area contributed by atoms with E-state index in [1.165, 1.54) is 0 Å². The second-order valence-electron chi connectivity index (χ2n) is 9.80. The Hall–Kier alpha value is -4.05. The van der Waals surface area contributed by atoms with Crippen LogP contribution in [0.15, 0.2) is 66.5 Å². The van der Waals surface area contributed by atoms with Crippen molar-refractivity contribution in [2.24, 2.45) is 5.92 Å². The van der Waals surface area contributed by atoms with E-state index in [1.807, 2.05) is 60.1 Å². The number of morpholine rings is 1. The van der Waals surface area contributed by atoms with Crippen molar-refractivity contribution >= 4 is 39.8 Å². The summed E-state index contributed by atoms with van der Waals surface area (Å²) in [6.45, 7) is 5.12. The normalized spacial score (nSPS) is 17.6. The number of anilines is 2. The summed E-state index contributed by atoms with van der Waals surface area (Å²) in [5.74, 6) is -0.548. The fraction of sp³-hybridized carbons (Fsp3) is 0.345. The molecule has 2 aliphatic rings. The Morgan fingerprint density at radius 1 is 1.08 bits per heavy atom. The molecule has 8 nitrogen and oxygen atoms in total. The Labute approximate surface area is 225 Å². The lowest BCUT2D eigenvalue weighted by Gasteiger charge is -2.28. The van der Waals surface area contributed by atoms with E-state index in [0.717, 1.165) is 35.4 Å². The molecule has 1 saturated heterocycles. The molecule has 2 N–H and O–H groups in total. The van der Waals surface area contributed by atoms with Crippen LogP contribution in [0.1, 0.15) is 36.5 Å². The zero-order chi connectivity index (χ0) is 27.4. The molecule has 5 rings (SSSR count). The van der Waals surface area contributed by atoms with Crippen LogP contribution in [0, 0.1) is 5.92 Å². The summed E-state index contributed by atoms with van der Waals surface area (Å²) in [7, 11) is 0. The fourth-order valence-electron chi connectivity index (χ4n) is 4.87. The van der Waals surface area contributed by atoms with Crippen LogP contribution in [0.3, 0.4) is 0 Å². The lowest BCUT2D eigenvalue weighted by Crippen LogP contribution is -2.36. The number of alkyl halides is 2. The third-order valence-electron chi connectivity index (χ3n) is 6.95. The van der Waals surface area contributed by atoms with Crippen LogP contribution in [-0.2, 0) is 9.53 Å². The number of fused-ring (bicyclic) bond motifs is 1. The Bertz CT molecular complexity index is 1410. The van der Waals surface area contributed by atoms with Gasteiger partial charge in [-0.15, -0.1) is 0 Å². The lowest BCUT2D eigenvalue weighted by molar-refractivity contribution is -0.121. The number of aromatic nitrogens is 2. The minimum Gasteiger partial charge on any atom is -0.378 e. The Balaban J connectivity index is 1.25. The van der Waals surface area contributed by atoms with Crippen LogP contribution < -0.4 is 15.5 Å². The SMILES string of the molecule is CC1CC(NC(=O)CCC(F)F)=CC=C1n1ncc2cc(NC(=O)c3ccc(N4CCOCC4)cc3)ccc21. The highest BCUT2D eigenvalue weighted by atomic mass is 19.3. The zero-order valence-electron chi connectivity index (χ0n) is 21.7. The van der Waals surface area contributed by atoms with Crippen molar-refractivity contribution in [2.45, 2.75) is 32.6 Å². The van der Waals surface area contributed by atoms with Gasteiger partial charge < -0.3 is 20.3 Å². The van der Waals surface area contributed by atoms with Crippen LogP contribution >= 0.6 is 0 Å². The van der Waals surface area contributed by atoms with E-state index < -0.39 is 18.8 Å². The summed E-state index contributed by atoms with van der Waals surface area (Å²) in [6.07, 6.45) is 2.85. The third-order valence-corrected chi connectivity index (χ3v) is 6.95. The van der Waals surface area contributed by atoms with E-state index in [-0.39, 0.29) is 18.2 Å². The molecule has 0 saturated carbocycles. The Morgan fingerprint density at radius 3 is 2.56 bits per heavy atom. The van der Waals surface area contributed by atoms with Crippen LogP contribution in [0.25, 0.3) is 16.6 Å².